The zero-order valence-electron chi connectivity index (χ0n) is 13.5. The molecule has 2 aromatic carbocycles. The third-order valence-electron chi connectivity index (χ3n) is 3.81. The number of hydrogen-bond acceptors (Lipinski definition) is 4. The number of amidine groups is 1. The summed E-state index contributed by atoms with van der Waals surface area (Å²) in [6.07, 6.45) is -4.53. The van der Waals surface area contributed by atoms with Crippen LogP contribution in [0.2, 0.25) is 0 Å². The fourth-order valence-electron chi connectivity index (χ4n) is 2.54. The third-order valence-corrected chi connectivity index (χ3v) is 4.65. The van der Waals surface area contributed by atoms with Crippen molar-refractivity contribution >= 4 is 28.5 Å². The van der Waals surface area contributed by atoms with Crippen LogP contribution in [-0.2, 0) is 28.9 Å². The van der Waals surface area contributed by atoms with Gasteiger partial charge in [0, 0.05) is 5.56 Å². The molecule has 1 heterocycles. The van der Waals surface area contributed by atoms with E-state index in [-0.39, 0.29) is 23.2 Å². The fraction of sp³-hybridized carbons (Fsp3) is 0.222. The second-order valence-electron chi connectivity index (χ2n) is 5.64. The highest BCUT2D eigenvalue weighted by Crippen LogP contribution is 2.36. The lowest BCUT2D eigenvalue weighted by Crippen LogP contribution is -2.30. The molecule has 0 aromatic heterocycles. The van der Waals surface area contributed by atoms with Gasteiger partial charge in [0.25, 0.3) is 0 Å². The lowest BCUT2D eigenvalue weighted by Gasteiger charge is -2.21. The van der Waals surface area contributed by atoms with Gasteiger partial charge in [0.2, 0.25) is 5.91 Å². The van der Waals surface area contributed by atoms with Crippen molar-refractivity contribution in [1.29, 1.82) is 5.41 Å². The lowest BCUT2D eigenvalue weighted by atomic mass is 10.1. The van der Waals surface area contributed by atoms with Crippen LogP contribution < -0.4 is 4.90 Å². The van der Waals surface area contributed by atoms with Crippen LogP contribution in [0, 0.1) is 5.41 Å². The fourth-order valence-corrected chi connectivity index (χ4v) is 3.26. The van der Waals surface area contributed by atoms with Gasteiger partial charge in [0.05, 0.1) is 30.2 Å². The highest BCUT2D eigenvalue weighted by Gasteiger charge is 2.35. The Hall–Kier alpha value is -2.32. The zero-order valence-corrected chi connectivity index (χ0v) is 14.4. The number of nitrogens with one attached hydrogen (secondary N) is 1. The Morgan fingerprint density at radius 2 is 1.85 bits per heavy atom. The number of nitrogens with zero attached hydrogens (tertiary/aromatic N) is 1. The quantitative estimate of drug-likeness (QED) is 0.835. The minimum atomic E-state index is -4.53. The van der Waals surface area contributed by atoms with E-state index in [2.05, 4.69) is 0 Å². The first-order valence-corrected chi connectivity index (χ1v) is 8.71. The number of halogens is 3. The molecular weight excluding hydrogens is 365 g/mol. The number of amides is 1. The van der Waals surface area contributed by atoms with Crippen LogP contribution in [-0.4, -0.2) is 16.8 Å². The van der Waals surface area contributed by atoms with E-state index in [4.69, 9.17) is 10.1 Å². The van der Waals surface area contributed by atoms with Crippen LogP contribution >= 0.6 is 11.8 Å². The first kappa shape index (κ1) is 18.5. The number of carbonyl (C=O) groups is 1. The van der Waals surface area contributed by atoms with E-state index in [9.17, 15) is 18.0 Å². The summed E-state index contributed by atoms with van der Waals surface area (Å²) >= 11 is 0.989. The standard InChI is InChI=1S/C18H15F3N2O2S/c19-18(20,21)14-7-6-13(10-25-9-12-4-2-1-3-5-12)15(8-14)23-16(24)11-26-17(23)22/h1-8,22H,9-11H2. The van der Waals surface area contributed by atoms with E-state index < -0.39 is 17.6 Å². The molecule has 0 spiro atoms. The number of anilines is 1. The van der Waals surface area contributed by atoms with Gasteiger partial charge in [-0.15, -0.1) is 0 Å². The molecule has 4 nitrogen and oxygen atoms in total. The van der Waals surface area contributed by atoms with Crippen LogP contribution in [0.3, 0.4) is 0 Å². The molecule has 2 aromatic rings. The molecule has 1 fully saturated rings. The number of benzene rings is 2. The van der Waals surface area contributed by atoms with Crippen LogP contribution in [0.5, 0.6) is 0 Å². The van der Waals surface area contributed by atoms with Gasteiger partial charge in [0.1, 0.15) is 0 Å². The van der Waals surface area contributed by atoms with E-state index in [0.717, 1.165) is 34.4 Å². The first-order valence-electron chi connectivity index (χ1n) is 7.72. The predicted molar refractivity (Wildman–Crippen MR) is 94.0 cm³/mol. The average molecular weight is 380 g/mol. The molecule has 0 radical (unpaired) electrons. The topological polar surface area (TPSA) is 53.4 Å². The zero-order chi connectivity index (χ0) is 18.7. The van der Waals surface area contributed by atoms with Gasteiger partial charge in [-0.1, -0.05) is 48.2 Å². The van der Waals surface area contributed by atoms with Crippen LogP contribution in [0.25, 0.3) is 0 Å². The second-order valence-corrected chi connectivity index (χ2v) is 6.61. The SMILES string of the molecule is N=C1SCC(=O)N1c1cc(C(F)(F)F)ccc1COCc1ccccc1. The number of thioether (sulfide) groups is 1. The normalized spacial score (nSPS) is 15.0. The molecule has 1 amide bonds. The number of alkyl halides is 3. The van der Waals surface area contributed by atoms with Gasteiger partial charge in [0.15, 0.2) is 5.17 Å². The maximum absolute atomic E-state index is 13.1. The molecule has 3 rings (SSSR count). The molecule has 1 aliphatic heterocycles. The van der Waals surface area contributed by atoms with E-state index in [1.807, 2.05) is 30.3 Å². The molecule has 26 heavy (non-hydrogen) atoms. The Bertz CT molecular complexity index is 809. The largest absolute Gasteiger partial charge is 0.416 e. The van der Waals surface area contributed by atoms with E-state index in [1.54, 1.807) is 0 Å². The Morgan fingerprint density at radius 1 is 1.12 bits per heavy atom. The molecule has 0 bridgehead atoms. The van der Waals surface area contributed by atoms with Crippen molar-refractivity contribution in [3.05, 3.63) is 65.2 Å². The van der Waals surface area contributed by atoms with Crippen molar-refractivity contribution in [3.8, 4) is 0 Å². The molecule has 0 unspecified atom stereocenters. The first-order chi connectivity index (χ1) is 12.4. The summed E-state index contributed by atoms with van der Waals surface area (Å²) in [6.45, 7) is 0.325. The molecule has 0 aliphatic carbocycles. The minimum Gasteiger partial charge on any atom is -0.372 e. The predicted octanol–water partition coefficient (Wildman–Crippen LogP) is 4.44. The maximum atomic E-state index is 13.1. The Balaban J connectivity index is 1.86. The molecule has 136 valence electrons. The number of ether oxygens (including phenoxy) is 1. The van der Waals surface area contributed by atoms with Gasteiger partial charge >= 0.3 is 6.18 Å². The van der Waals surface area contributed by atoms with Gasteiger partial charge < -0.3 is 4.74 Å². The molecule has 8 heteroatoms. The highest BCUT2D eigenvalue weighted by atomic mass is 32.2. The highest BCUT2D eigenvalue weighted by molar-refractivity contribution is 8.15. The van der Waals surface area contributed by atoms with Crippen LogP contribution in [0.15, 0.2) is 48.5 Å². The molecular formula is C18H15F3N2O2S. The Kier molecular flexibility index (Phi) is 5.33. The number of rotatable bonds is 5. The van der Waals surface area contributed by atoms with Crippen molar-refractivity contribution in [2.75, 3.05) is 10.7 Å². The molecule has 0 atom stereocenters. The smallest absolute Gasteiger partial charge is 0.372 e. The monoisotopic (exact) mass is 380 g/mol. The van der Waals surface area contributed by atoms with E-state index >= 15 is 0 Å². The number of hydrogen-bond donors (Lipinski definition) is 1. The van der Waals surface area contributed by atoms with E-state index in [1.165, 1.54) is 6.07 Å². The summed E-state index contributed by atoms with van der Waals surface area (Å²) in [7, 11) is 0. The molecule has 0 saturated carbocycles. The molecule has 1 saturated heterocycles. The summed E-state index contributed by atoms with van der Waals surface area (Å²) in [4.78, 5) is 13.1. The van der Waals surface area contributed by atoms with E-state index in [0.29, 0.717) is 12.2 Å². The minimum absolute atomic E-state index is 0.0318. The summed E-state index contributed by atoms with van der Waals surface area (Å²) in [5.74, 6) is -0.372. The average Bonchev–Trinajstić information content (AvgIpc) is 2.94. The van der Waals surface area contributed by atoms with Crippen LogP contribution in [0.4, 0.5) is 18.9 Å². The summed E-state index contributed by atoms with van der Waals surface area (Å²) in [5, 5.41) is 7.77. The molecule has 1 N–H and O–H groups in total. The van der Waals surface area contributed by atoms with Crippen molar-refractivity contribution in [2.45, 2.75) is 19.4 Å². The Morgan fingerprint density at radius 3 is 2.46 bits per heavy atom. The van der Waals surface area contributed by atoms with Crippen molar-refractivity contribution in [1.82, 2.24) is 0 Å². The van der Waals surface area contributed by atoms with Crippen molar-refractivity contribution in [2.24, 2.45) is 0 Å². The van der Waals surface area contributed by atoms with Gasteiger partial charge in [-0.25, -0.2) is 0 Å². The maximum Gasteiger partial charge on any atom is 0.416 e. The van der Waals surface area contributed by atoms with Crippen molar-refractivity contribution in [3.63, 3.8) is 0 Å². The van der Waals surface area contributed by atoms with Crippen LogP contribution in [0.1, 0.15) is 16.7 Å². The van der Waals surface area contributed by atoms with Crippen molar-refractivity contribution < 1.29 is 22.7 Å². The second kappa shape index (κ2) is 7.51. The van der Waals surface area contributed by atoms with Gasteiger partial charge in [-0.2, -0.15) is 13.2 Å². The number of carbonyl (C=O) groups excluding carboxylic acids is 1. The van der Waals surface area contributed by atoms with Gasteiger partial charge in [-0.05, 0) is 17.7 Å². The summed E-state index contributed by atoms with van der Waals surface area (Å²) < 4.78 is 44.8. The summed E-state index contributed by atoms with van der Waals surface area (Å²) in [5.41, 5.74) is 0.542. The third kappa shape index (κ3) is 4.08. The Labute approximate surface area is 152 Å². The van der Waals surface area contributed by atoms with Gasteiger partial charge in [-0.3, -0.25) is 15.1 Å². The summed E-state index contributed by atoms with van der Waals surface area (Å²) in [6, 6.07) is 12.5. The lowest BCUT2D eigenvalue weighted by molar-refractivity contribution is -0.137. The molecule has 1 aliphatic rings.